The molecular formula is C16H23NO3. The van der Waals surface area contributed by atoms with Crippen LogP contribution in [0.4, 0.5) is 0 Å². The Morgan fingerprint density at radius 2 is 1.95 bits per heavy atom. The Morgan fingerprint density at radius 3 is 2.50 bits per heavy atom. The fraction of sp³-hybridized carbons (Fsp3) is 0.562. The summed E-state index contributed by atoms with van der Waals surface area (Å²) in [6.45, 7) is 5.07. The molecule has 1 aromatic carbocycles. The maximum Gasteiger partial charge on any atom is 0.325 e. The van der Waals surface area contributed by atoms with Gasteiger partial charge in [0.05, 0.1) is 13.7 Å². The van der Waals surface area contributed by atoms with Crippen LogP contribution in [0, 0.1) is 5.92 Å². The van der Waals surface area contributed by atoms with Gasteiger partial charge < -0.3 is 9.47 Å². The molecule has 0 radical (unpaired) electrons. The number of hydrogen-bond acceptors (Lipinski definition) is 4. The fourth-order valence-corrected chi connectivity index (χ4v) is 1.85. The molecule has 1 aromatic rings. The zero-order valence-electron chi connectivity index (χ0n) is 12.4. The van der Waals surface area contributed by atoms with Crippen molar-refractivity contribution in [2.45, 2.75) is 38.8 Å². The van der Waals surface area contributed by atoms with E-state index in [1.54, 1.807) is 0 Å². The molecule has 0 atom stereocenters. The summed E-state index contributed by atoms with van der Waals surface area (Å²) in [6.07, 6.45) is 2.59. The first-order chi connectivity index (χ1) is 9.51. The normalized spacial score (nSPS) is 14.9. The van der Waals surface area contributed by atoms with Gasteiger partial charge in [-0.15, -0.1) is 0 Å². The third-order valence-corrected chi connectivity index (χ3v) is 3.54. The van der Waals surface area contributed by atoms with E-state index in [1.807, 2.05) is 38.1 Å². The minimum absolute atomic E-state index is 0.262. The fourth-order valence-electron chi connectivity index (χ4n) is 1.85. The van der Waals surface area contributed by atoms with Crippen LogP contribution >= 0.6 is 0 Å². The van der Waals surface area contributed by atoms with Gasteiger partial charge in [0.25, 0.3) is 0 Å². The average Bonchev–Trinajstić information content (AvgIpc) is 3.27. The van der Waals surface area contributed by atoms with Crippen molar-refractivity contribution in [3.63, 3.8) is 0 Å². The Bertz CT molecular complexity index is 449. The Kier molecular flexibility index (Phi) is 4.65. The maximum atomic E-state index is 11.6. The Morgan fingerprint density at radius 1 is 1.30 bits per heavy atom. The van der Waals surface area contributed by atoms with Gasteiger partial charge in [-0.2, -0.15) is 0 Å². The molecule has 0 aromatic heterocycles. The van der Waals surface area contributed by atoms with Gasteiger partial charge in [-0.3, -0.25) is 10.1 Å². The number of esters is 1. The lowest BCUT2D eigenvalue weighted by molar-refractivity contribution is -0.147. The summed E-state index contributed by atoms with van der Waals surface area (Å²) in [5, 5.41) is 3.19. The first-order valence-corrected chi connectivity index (χ1v) is 7.06. The summed E-state index contributed by atoms with van der Waals surface area (Å²) in [6, 6.07) is 7.99. The number of nitrogens with one attached hydrogen (secondary N) is 1. The van der Waals surface area contributed by atoms with Crippen molar-refractivity contribution < 1.29 is 14.3 Å². The molecule has 2 rings (SSSR count). The van der Waals surface area contributed by atoms with Gasteiger partial charge in [0.2, 0.25) is 0 Å². The monoisotopic (exact) mass is 277 g/mol. The van der Waals surface area contributed by atoms with Crippen molar-refractivity contribution in [3.05, 3.63) is 29.8 Å². The van der Waals surface area contributed by atoms with E-state index in [9.17, 15) is 4.79 Å². The highest BCUT2D eigenvalue weighted by Crippen LogP contribution is 2.29. The van der Waals surface area contributed by atoms with Crippen LogP contribution in [0.1, 0.15) is 32.3 Å². The summed E-state index contributed by atoms with van der Waals surface area (Å²) in [4.78, 5) is 11.6. The van der Waals surface area contributed by atoms with Crippen LogP contribution in [0.3, 0.4) is 0 Å². The van der Waals surface area contributed by atoms with Crippen molar-refractivity contribution >= 4 is 5.97 Å². The van der Waals surface area contributed by atoms with Gasteiger partial charge in [0.1, 0.15) is 11.3 Å². The number of ether oxygens (including phenoxy) is 2. The molecule has 0 aliphatic heterocycles. The molecule has 1 fully saturated rings. The highest BCUT2D eigenvalue weighted by molar-refractivity contribution is 5.79. The van der Waals surface area contributed by atoms with Crippen LogP contribution in [0.25, 0.3) is 0 Å². The third-order valence-electron chi connectivity index (χ3n) is 3.54. The number of carbonyl (C=O) groups excluding carboxylic acids is 1. The molecule has 20 heavy (non-hydrogen) atoms. The SMILES string of the molecule is COC(=O)C(C)(C)NCc1ccc(OCC2CC2)cc1. The summed E-state index contributed by atoms with van der Waals surface area (Å²) >= 11 is 0. The second kappa shape index (κ2) is 6.27. The predicted molar refractivity (Wildman–Crippen MR) is 77.6 cm³/mol. The van der Waals surface area contributed by atoms with Crippen LogP contribution in [0.15, 0.2) is 24.3 Å². The lowest BCUT2D eigenvalue weighted by atomic mass is 10.1. The van der Waals surface area contributed by atoms with E-state index in [4.69, 9.17) is 9.47 Å². The molecule has 110 valence electrons. The summed E-state index contributed by atoms with van der Waals surface area (Å²) in [5.41, 5.74) is 0.427. The van der Waals surface area contributed by atoms with Gasteiger partial charge in [-0.05, 0) is 50.3 Å². The predicted octanol–water partition coefficient (Wildman–Crippen LogP) is 2.52. The first kappa shape index (κ1) is 14.9. The van der Waals surface area contributed by atoms with Crippen LogP contribution < -0.4 is 10.1 Å². The Labute approximate surface area is 120 Å². The number of benzene rings is 1. The van der Waals surface area contributed by atoms with Gasteiger partial charge in [0, 0.05) is 6.54 Å². The molecule has 4 heteroatoms. The molecule has 0 unspecified atom stereocenters. The minimum Gasteiger partial charge on any atom is -0.493 e. The highest BCUT2D eigenvalue weighted by atomic mass is 16.5. The smallest absolute Gasteiger partial charge is 0.325 e. The zero-order chi connectivity index (χ0) is 14.6. The van der Waals surface area contributed by atoms with Crippen molar-refractivity contribution in [2.75, 3.05) is 13.7 Å². The molecule has 1 aliphatic rings. The van der Waals surface area contributed by atoms with E-state index in [-0.39, 0.29) is 5.97 Å². The topological polar surface area (TPSA) is 47.6 Å². The van der Waals surface area contributed by atoms with Gasteiger partial charge in [-0.1, -0.05) is 12.1 Å². The molecule has 1 saturated carbocycles. The van der Waals surface area contributed by atoms with Gasteiger partial charge in [-0.25, -0.2) is 0 Å². The van der Waals surface area contributed by atoms with E-state index in [0.717, 1.165) is 23.8 Å². The molecule has 0 saturated heterocycles. The zero-order valence-corrected chi connectivity index (χ0v) is 12.4. The lowest BCUT2D eigenvalue weighted by Gasteiger charge is -2.23. The van der Waals surface area contributed by atoms with Crippen LogP contribution in [0.5, 0.6) is 5.75 Å². The van der Waals surface area contributed by atoms with E-state index in [2.05, 4.69) is 5.32 Å². The van der Waals surface area contributed by atoms with Crippen molar-refractivity contribution in [2.24, 2.45) is 5.92 Å². The molecule has 0 bridgehead atoms. The molecule has 0 heterocycles. The standard InChI is InChI=1S/C16H23NO3/c1-16(2,15(18)19-3)17-10-12-6-8-14(9-7-12)20-11-13-4-5-13/h6-9,13,17H,4-5,10-11H2,1-3H3. The number of rotatable bonds is 7. The van der Waals surface area contributed by atoms with Crippen molar-refractivity contribution in [1.29, 1.82) is 0 Å². The lowest BCUT2D eigenvalue weighted by Crippen LogP contribution is -2.46. The number of carbonyl (C=O) groups is 1. The first-order valence-electron chi connectivity index (χ1n) is 7.06. The van der Waals surface area contributed by atoms with E-state index in [1.165, 1.54) is 20.0 Å². The second-order valence-electron chi connectivity index (χ2n) is 5.87. The molecule has 4 nitrogen and oxygen atoms in total. The van der Waals surface area contributed by atoms with E-state index >= 15 is 0 Å². The highest BCUT2D eigenvalue weighted by Gasteiger charge is 2.27. The van der Waals surface area contributed by atoms with E-state index in [0.29, 0.717) is 6.54 Å². The molecular weight excluding hydrogens is 254 g/mol. The second-order valence-corrected chi connectivity index (χ2v) is 5.87. The van der Waals surface area contributed by atoms with Gasteiger partial charge >= 0.3 is 5.97 Å². The van der Waals surface area contributed by atoms with Crippen molar-refractivity contribution in [1.82, 2.24) is 5.32 Å². The molecule has 0 amide bonds. The molecule has 1 aliphatic carbocycles. The molecule has 1 N–H and O–H groups in total. The summed E-state index contributed by atoms with van der Waals surface area (Å²) in [5.74, 6) is 1.41. The number of methoxy groups -OCH3 is 1. The third kappa shape index (κ3) is 4.23. The van der Waals surface area contributed by atoms with Crippen LogP contribution in [0.2, 0.25) is 0 Å². The maximum absolute atomic E-state index is 11.6. The Balaban J connectivity index is 1.82. The minimum atomic E-state index is -0.685. The van der Waals surface area contributed by atoms with Crippen LogP contribution in [-0.2, 0) is 16.1 Å². The van der Waals surface area contributed by atoms with Crippen LogP contribution in [-0.4, -0.2) is 25.2 Å². The number of hydrogen-bond donors (Lipinski definition) is 1. The van der Waals surface area contributed by atoms with Crippen molar-refractivity contribution in [3.8, 4) is 5.75 Å². The van der Waals surface area contributed by atoms with Gasteiger partial charge in [0.15, 0.2) is 0 Å². The average molecular weight is 277 g/mol. The van der Waals surface area contributed by atoms with E-state index < -0.39 is 5.54 Å². The quantitative estimate of drug-likeness (QED) is 0.778. The molecule has 0 spiro atoms. The summed E-state index contributed by atoms with van der Waals surface area (Å²) in [7, 11) is 1.40. The largest absolute Gasteiger partial charge is 0.493 e. The summed E-state index contributed by atoms with van der Waals surface area (Å²) < 4.78 is 10.5. The Hall–Kier alpha value is -1.55.